The van der Waals surface area contributed by atoms with Gasteiger partial charge < -0.3 is 63.8 Å². The summed E-state index contributed by atoms with van der Waals surface area (Å²) in [4.78, 5) is 24.0. The van der Waals surface area contributed by atoms with E-state index in [0.29, 0.717) is 12.8 Å². The van der Waals surface area contributed by atoms with E-state index >= 15 is 0 Å². The quantitative estimate of drug-likeness (QED) is 0.0191. The molecule has 0 aliphatic heterocycles. The zero-order chi connectivity index (χ0) is 50.7. The molecule has 6 unspecified atom stereocenters. The van der Waals surface area contributed by atoms with Crippen LogP contribution >= 0.6 is 0 Å². The molecular formula is C54H102O15. The molecule has 0 aromatic heterocycles. The first-order chi connectivity index (χ1) is 33.6. The number of allylic oxidation sites excluding steroid dienone is 4. The molecule has 0 heterocycles. The summed E-state index contributed by atoms with van der Waals surface area (Å²) in [5, 5.41) is 60.5. The van der Waals surface area contributed by atoms with Gasteiger partial charge in [0.25, 0.3) is 0 Å². The summed E-state index contributed by atoms with van der Waals surface area (Å²) in [7, 11) is 0. The molecule has 6 atom stereocenters. The minimum atomic E-state index is -1.03. The Morgan fingerprint density at radius 3 is 0.754 bits per heavy atom. The van der Waals surface area contributed by atoms with E-state index in [1.165, 1.54) is 89.9 Å². The van der Waals surface area contributed by atoms with Crippen molar-refractivity contribution in [1.29, 1.82) is 0 Å². The molecule has 0 aromatic rings. The van der Waals surface area contributed by atoms with Gasteiger partial charge in [-0.05, 0) is 64.2 Å². The number of ether oxygens (including phenoxy) is 7. The molecule has 6 N–H and O–H groups in total. The highest BCUT2D eigenvalue weighted by molar-refractivity contribution is 5.69. The van der Waals surface area contributed by atoms with Crippen LogP contribution in [0.25, 0.3) is 0 Å². The fourth-order valence-corrected chi connectivity index (χ4v) is 7.19. The SMILES string of the molecule is CCCCCCCC/C=C/CCCCCCCC(=O)OCC(O)COCC(O)COCC(O)COCC(O)COCC(O)COCC(O)COC(=O)CCCCCCC/C=C/CCCCCCCC. The Balaban J connectivity index is 3.67. The van der Waals surface area contributed by atoms with Gasteiger partial charge in [-0.25, -0.2) is 0 Å². The summed E-state index contributed by atoms with van der Waals surface area (Å²) in [6, 6.07) is 0. The van der Waals surface area contributed by atoms with E-state index in [9.17, 15) is 40.2 Å². The van der Waals surface area contributed by atoms with E-state index in [2.05, 4.69) is 38.2 Å². The first-order valence-electron chi connectivity index (χ1n) is 27.1. The fourth-order valence-electron chi connectivity index (χ4n) is 7.19. The van der Waals surface area contributed by atoms with Gasteiger partial charge in [-0.1, -0.05) is 141 Å². The standard InChI is InChI=1S/C54H102O15/c1-3-5-7-9-11-13-15-17-19-21-23-25-27-29-31-33-53(61)68-45-51(59)43-66-41-49(57)39-64-37-47(55)35-63-36-48(56)38-65-40-50(58)42-67-44-52(60)46-69-54(62)34-32-30-28-26-24-22-20-18-16-14-12-10-8-6-4-2/h17-20,47-52,55-60H,3-16,21-46H2,1-2H3/b19-17+,20-18+. The Bertz CT molecular complexity index is 1070. The predicted octanol–water partition coefficient (Wildman–Crippen LogP) is 8.40. The molecule has 69 heavy (non-hydrogen) atoms. The summed E-state index contributed by atoms with van der Waals surface area (Å²) >= 11 is 0. The minimum absolute atomic E-state index is 0.128. The van der Waals surface area contributed by atoms with Crippen molar-refractivity contribution in [3.05, 3.63) is 24.3 Å². The van der Waals surface area contributed by atoms with Gasteiger partial charge in [0.15, 0.2) is 0 Å². The maximum atomic E-state index is 12.0. The highest BCUT2D eigenvalue weighted by Crippen LogP contribution is 2.12. The molecule has 0 radical (unpaired) electrons. The second-order valence-electron chi connectivity index (χ2n) is 18.6. The maximum absolute atomic E-state index is 12.0. The van der Waals surface area contributed by atoms with Crippen LogP contribution in [-0.2, 0) is 42.7 Å². The molecule has 0 spiro atoms. The van der Waals surface area contributed by atoms with Crippen molar-refractivity contribution in [3.63, 3.8) is 0 Å². The molecule has 0 saturated carbocycles. The average Bonchev–Trinajstić information content (AvgIpc) is 3.32. The molecule has 15 nitrogen and oxygen atoms in total. The molecule has 0 fully saturated rings. The number of unbranched alkanes of at least 4 members (excludes halogenated alkanes) is 22. The van der Waals surface area contributed by atoms with Crippen LogP contribution in [0.1, 0.15) is 194 Å². The normalized spacial score (nSPS) is 14.6. The highest BCUT2D eigenvalue weighted by Gasteiger charge is 2.15. The molecule has 408 valence electrons. The van der Waals surface area contributed by atoms with Crippen LogP contribution in [0.15, 0.2) is 24.3 Å². The summed E-state index contributed by atoms with van der Waals surface area (Å²) in [5.74, 6) is -0.706. The number of esters is 2. The summed E-state index contributed by atoms with van der Waals surface area (Å²) < 4.78 is 36.8. The van der Waals surface area contributed by atoms with Gasteiger partial charge in [-0.2, -0.15) is 0 Å². The van der Waals surface area contributed by atoms with Gasteiger partial charge >= 0.3 is 11.9 Å². The lowest BCUT2D eigenvalue weighted by atomic mass is 10.1. The summed E-state index contributed by atoms with van der Waals surface area (Å²) in [6.45, 7) is 2.77. The number of carbonyl (C=O) groups is 2. The van der Waals surface area contributed by atoms with Crippen molar-refractivity contribution >= 4 is 11.9 Å². The van der Waals surface area contributed by atoms with Gasteiger partial charge in [-0.15, -0.1) is 0 Å². The minimum Gasteiger partial charge on any atom is -0.463 e. The lowest BCUT2D eigenvalue weighted by Crippen LogP contribution is -2.31. The second kappa shape index (κ2) is 52.3. The average molecular weight is 991 g/mol. The molecule has 0 aromatic carbocycles. The van der Waals surface area contributed by atoms with Crippen molar-refractivity contribution in [2.45, 2.75) is 230 Å². The van der Waals surface area contributed by atoms with Crippen LogP contribution in [0.3, 0.4) is 0 Å². The van der Waals surface area contributed by atoms with Crippen LogP contribution in [0.4, 0.5) is 0 Å². The van der Waals surface area contributed by atoms with E-state index in [0.717, 1.165) is 77.0 Å². The Kier molecular flexibility index (Phi) is 50.8. The Morgan fingerprint density at radius 1 is 0.304 bits per heavy atom. The largest absolute Gasteiger partial charge is 0.463 e. The third-order valence-electron chi connectivity index (χ3n) is 11.3. The summed E-state index contributed by atoms with van der Waals surface area (Å²) in [5.41, 5.74) is 0. The second-order valence-corrected chi connectivity index (χ2v) is 18.6. The predicted molar refractivity (Wildman–Crippen MR) is 271 cm³/mol. The molecule has 0 amide bonds. The molecule has 0 rings (SSSR count). The first-order valence-corrected chi connectivity index (χ1v) is 27.1. The van der Waals surface area contributed by atoms with Gasteiger partial charge in [0, 0.05) is 12.8 Å². The van der Waals surface area contributed by atoms with Gasteiger partial charge in [0.05, 0.1) is 66.1 Å². The van der Waals surface area contributed by atoms with Crippen molar-refractivity contribution < 1.29 is 73.4 Å². The van der Waals surface area contributed by atoms with Crippen LogP contribution < -0.4 is 0 Å². The van der Waals surface area contributed by atoms with Crippen molar-refractivity contribution in [2.75, 3.05) is 79.3 Å². The topological polar surface area (TPSA) is 220 Å². The zero-order valence-corrected chi connectivity index (χ0v) is 43.4. The van der Waals surface area contributed by atoms with Crippen LogP contribution in [-0.4, -0.2) is 158 Å². The van der Waals surface area contributed by atoms with Gasteiger partial charge in [-0.3, -0.25) is 9.59 Å². The molecule has 0 bridgehead atoms. The van der Waals surface area contributed by atoms with Crippen LogP contribution in [0, 0.1) is 0 Å². The monoisotopic (exact) mass is 991 g/mol. The number of hydrogen-bond acceptors (Lipinski definition) is 15. The van der Waals surface area contributed by atoms with E-state index < -0.39 is 36.6 Å². The molecule has 0 aliphatic carbocycles. The smallest absolute Gasteiger partial charge is 0.305 e. The van der Waals surface area contributed by atoms with Crippen molar-refractivity contribution in [1.82, 2.24) is 0 Å². The number of carbonyl (C=O) groups excluding carboxylic acids is 2. The lowest BCUT2D eigenvalue weighted by Gasteiger charge is -2.18. The first kappa shape index (κ1) is 67.0. The molecule has 15 heteroatoms. The highest BCUT2D eigenvalue weighted by atomic mass is 16.6. The van der Waals surface area contributed by atoms with Crippen molar-refractivity contribution in [2.24, 2.45) is 0 Å². The van der Waals surface area contributed by atoms with Crippen LogP contribution in [0.5, 0.6) is 0 Å². The van der Waals surface area contributed by atoms with Gasteiger partial charge in [0.2, 0.25) is 0 Å². The van der Waals surface area contributed by atoms with Crippen LogP contribution in [0.2, 0.25) is 0 Å². The number of rotatable bonds is 54. The fraction of sp³-hybridized carbons (Fsp3) is 0.889. The van der Waals surface area contributed by atoms with E-state index in [-0.39, 0.29) is 91.2 Å². The molecule has 0 saturated heterocycles. The number of aliphatic hydroxyl groups is 6. The van der Waals surface area contributed by atoms with Crippen molar-refractivity contribution in [3.8, 4) is 0 Å². The number of aliphatic hydroxyl groups excluding tert-OH is 6. The third-order valence-corrected chi connectivity index (χ3v) is 11.3. The van der Waals surface area contributed by atoms with Gasteiger partial charge in [0.1, 0.15) is 49.8 Å². The zero-order valence-electron chi connectivity index (χ0n) is 43.4. The number of hydrogen-bond donors (Lipinski definition) is 6. The molecular weight excluding hydrogens is 889 g/mol. The van der Waals surface area contributed by atoms with E-state index in [1.807, 2.05) is 0 Å². The Labute approximate surface area is 418 Å². The lowest BCUT2D eigenvalue weighted by molar-refractivity contribution is -0.149. The maximum Gasteiger partial charge on any atom is 0.305 e. The third kappa shape index (κ3) is 52.1. The van der Waals surface area contributed by atoms with E-state index in [1.54, 1.807) is 0 Å². The molecule has 0 aliphatic rings. The Morgan fingerprint density at radius 2 is 0.507 bits per heavy atom. The summed E-state index contributed by atoms with van der Waals surface area (Å²) in [6.07, 6.45) is 34.4. The Hall–Kier alpha value is -2.02. The van der Waals surface area contributed by atoms with E-state index in [4.69, 9.17) is 33.2 Å².